The van der Waals surface area contributed by atoms with Crippen LogP contribution in [0, 0.1) is 0 Å². The quantitative estimate of drug-likeness (QED) is 0.0596. The number of aliphatic hydroxyl groups excluding tert-OH is 1. The van der Waals surface area contributed by atoms with E-state index in [4.69, 9.17) is 34.6 Å². The van der Waals surface area contributed by atoms with Gasteiger partial charge in [0.15, 0.2) is 11.6 Å². The second kappa shape index (κ2) is 16.2. The molecule has 248 valence electrons. The molecule has 1 aliphatic rings. The third-order valence-electron chi connectivity index (χ3n) is 8.03. The molecule has 0 bridgehead atoms. The Morgan fingerprint density at radius 3 is 2.44 bits per heavy atom. The molecule has 0 aliphatic carbocycles. The minimum Gasteiger partial charge on any atom is -0.497 e. The minimum absolute atomic E-state index is 0.0422. The van der Waals surface area contributed by atoms with E-state index in [1.54, 1.807) is 32.4 Å². The largest absolute Gasteiger partial charge is 0.497 e. The molecule has 0 aromatic heterocycles. The van der Waals surface area contributed by atoms with Crippen molar-refractivity contribution in [3.05, 3.63) is 134 Å². The molecule has 11 nitrogen and oxygen atoms in total. The zero-order valence-corrected chi connectivity index (χ0v) is 28.2. The first kappa shape index (κ1) is 34.3. The summed E-state index contributed by atoms with van der Waals surface area (Å²) in [4.78, 5) is 22.8. The predicted molar refractivity (Wildman–Crippen MR) is 185 cm³/mol. The predicted octanol–water partition coefficient (Wildman–Crippen LogP) is 6.85. The molecule has 1 amide bonds. The molecule has 0 saturated carbocycles. The number of benzene rings is 4. The summed E-state index contributed by atoms with van der Waals surface area (Å²) in [5.41, 5.74) is 11.3. The lowest BCUT2D eigenvalue weighted by Gasteiger charge is -2.32. The fraction of sp³-hybridized carbons (Fsp3) is 0.278. The van der Waals surface area contributed by atoms with Gasteiger partial charge in [0.25, 0.3) is 5.91 Å². The number of azide groups is 1. The van der Waals surface area contributed by atoms with Gasteiger partial charge in [-0.1, -0.05) is 63.5 Å². The summed E-state index contributed by atoms with van der Waals surface area (Å²) in [5.74, 6) is 1.77. The van der Waals surface area contributed by atoms with Crippen LogP contribution in [0.1, 0.15) is 40.3 Å². The fourth-order valence-corrected chi connectivity index (χ4v) is 6.05. The summed E-state index contributed by atoms with van der Waals surface area (Å²) in [6, 6.07) is 27.8. The average Bonchev–Trinajstić information content (AvgIpc) is 3.50. The molecular weight excluding hydrogens is 678 g/mol. The number of hydrogen-bond donors (Lipinski definition) is 2. The van der Waals surface area contributed by atoms with Crippen molar-refractivity contribution in [1.82, 2.24) is 5.32 Å². The van der Waals surface area contributed by atoms with Crippen molar-refractivity contribution in [1.29, 1.82) is 0 Å². The van der Waals surface area contributed by atoms with Crippen LogP contribution in [0.5, 0.6) is 17.2 Å². The summed E-state index contributed by atoms with van der Waals surface area (Å²) in [5, 5.41) is 16.0. The van der Waals surface area contributed by atoms with Gasteiger partial charge in [0.1, 0.15) is 17.2 Å². The van der Waals surface area contributed by atoms with Gasteiger partial charge in [0.05, 0.1) is 27.4 Å². The highest BCUT2D eigenvalue weighted by atomic mass is 79.9. The van der Waals surface area contributed by atoms with Crippen molar-refractivity contribution < 1.29 is 28.8 Å². The molecule has 1 heterocycles. The zero-order valence-electron chi connectivity index (χ0n) is 26.6. The van der Waals surface area contributed by atoms with Crippen LogP contribution >= 0.6 is 15.9 Å². The highest BCUT2D eigenvalue weighted by Crippen LogP contribution is 2.45. The number of carbonyl (C=O) groups is 1. The van der Waals surface area contributed by atoms with Crippen molar-refractivity contribution in [2.24, 2.45) is 10.1 Å². The molecule has 48 heavy (non-hydrogen) atoms. The van der Waals surface area contributed by atoms with Gasteiger partial charge in [-0.15, -0.1) is 0 Å². The van der Waals surface area contributed by atoms with Crippen molar-refractivity contribution in [2.45, 2.75) is 37.6 Å². The molecule has 1 aliphatic heterocycles. The van der Waals surface area contributed by atoms with E-state index in [2.05, 4.69) is 31.3 Å². The zero-order chi connectivity index (χ0) is 33.9. The summed E-state index contributed by atoms with van der Waals surface area (Å²) in [7, 11) is 3.14. The summed E-state index contributed by atoms with van der Waals surface area (Å²) in [6.07, 6.45) is -0.172. The molecule has 0 spiro atoms. The Balaban J connectivity index is 1.61. The van der Waals surface area contributed by atoms with Gasteiger partial charge in [-0.05, 0) is 59.1 Å². The number of rotatable bonds is 15. The molecular formula is C36H36BrN5O6. The van der Waals surface area contributed by atoms with Crippen LogP contribution in [0.4, 0.5) is 0 Å². The lowest BCUT2D eigenvalue weighted by molar-refractivity contribution is -0.129. The van der Waals surface area contributed by atoms with E-state index >= 15 is 0 Å². The number of carbonyl (C=O) groups excluding carboxylic acids is 1. The van der Waals surface area contributed by atoms with Gasteiger partial charge in [-0.25, -0.2) is 4.99 Å². The number of amides is 1. The summed E-state index contributed by atoms with van der Waals surface area (Å²) < 4.78 is 24.1. The van der Waals surface area contributed by atoms with Gasteiger partial charge >= 0.3 is 0 Å². The van der Waals surface area contributed by atoms with E-state index < -0.39 is 11.6 Å². The molecule has 12 heteroatoms. The van der Waals surface area contributed by atoms with Gasteiger partial charge < -0.3 is 29.4 Å². The number of halogens is 1. The van der Waals surface area contributed by atoms with Crippen molar-refractivity contribution in [3.63, 3.8) is 0 Å². The van der Waals surface area contributed by atoms with Crippen molar-refractivity contribution >= 4 is 27.7 Å². The molecule has 4 aromatic rings. The lowest BCUT2D eigenvalue weighted by Crippen LogP contribution is -2.50. The van der Waals surface area contributed by atoms with Crippen molar-refractivity contribution in [3.8, 4) is 17.2 Å². The number of methoxy groups -OCH3 is 2. The Hall–Kier alpha value is -5.03. The van der Waals surface area contributed by atoms with Crippen LogP contribution in [-0.4, -0.2) is 49.9 Å². The number of hydrogen-bond acceptors (Lipinski definition) is 8. The summed E-state index contributed by atoms with van der Waals surface area (Å²) in [6.45, 7) is 0.694. The Morgan fingerprint density at radius 2 is 1.73 bits per heavy atom. The van der Waals surface area contributed by atoms with Crippen LogP contribution in [0.3, 0.4) is 0 Å². The van der Waals surface area contributed by atoms with Gasteiger partial charge in [0, 0.05) is 58.1 Å². The Morgan fingerprint density at radius 1 is 1.00 bits per heavy atom. The standard InChI is InChI=1S/C36H36BrN5O6/c1-45-29-17-14-27(32(20-29)46-2)22-39-35(44)36(21-25-8-3-4-9-26(25)23-40-42-38)33(30-10-5-6-11-31(30)37)48-34(41-36)24-12-15-28(16-13-24)47-19-7-18-43/h3-6,8-17,20,33,43H,7,18-19,21-23H2,1-2H3,(H,39,44)/t33-,36-/m1/s1. The fourth-order valence-electron chi connectivity index (χ4n) is 5.56. The van der Waals surface area contributed by atoms with Crippen LogP contribution < -0.4 is 19.5 Å². The average molecular weight is 715 g/mol. The molecule has 2 atom stereocenters. The highest BCUT2D eigenvalue weighted by Gasteiger charge is 2.54. The topological polar surface area (TPSA) is 147 Å². The van der Waals surface area contributed by atoms with Gasteiger partial charge in [0.2, 0.25) is 5.90 Å². The molecule has 5 rings (SSSR count). The van der Waals surface area contributed by atoms with E-state index in [-0.39, 0.29) is 32.0 Å². The second-order valence-electron chi connectivity index (χ2n) is 11.0. The maximum absolute atomic E-state index is 14.8. The van der Waals surface area contributed by atoms with Gasteiger partial charge in [-0.3, -0.25) is 4.79 Å². The third kappa shape index (κ3) is 7.74. The SMILES string of the molecule is COc1ccc(CNC(=O)[C@]2(Cc3ccccc3CN=[N+]=[N-])N=C(c3ccc(OCCCO)cc3)O[C@@H]2c2ccccc2Br)c(OC)c1. The maximum Gasteiger partial charge on any atom is 0.252 e. The third-order valence-corrected chi connectivity index (χ3v) is 8.76. The number of ether oxygens (including phenoxy) is 4. The monoisotopic (exact) mass is 713 g/mol. The molecule has 0 radical (unpaired) electrons. The first-order valence-corrected chi connectivity index (χ1v) is 16.1. The first-order valence-electron chi connectivity index (χ1n) is 15.3. The first-order chi connectivity index (χ1) is 23.4. The molecule has 4 aromatic carbocycles. The molecule has 0 fully saturated rings. The van der Waals surface area contributed by atoms with Gasteiger partial charge in [-0.2, -0.15) is 0 Å². The molecule has 2 N–H and O–H groups in total. The Kier molecular flexibility index (Phi) is 11.6. The normalized spacial score (nSPS) is 16.7. The van der Waals surface area contributed by atoms with Crippen LogP contribution in [0.15, 0.2) is 106 Å². The maximum atomic E-state index is 14.8. The smallest absolute Gasteiger partial charge is 0.252 e. The number of nitrogens with zero attached hydrogens (tertiary/aromatic N) is 4. The van der Waals surface area contributed by atoms with E-state index in [0.29, 0.717) is 41.7 Å². The number of aliphatic hydroxyl groups is 1. The van der Waals surface area contributed by atoms with E-state index in [1.165, 1.54) is 0 Å². The van der Waals surface area contributed by atoms with E-state index in [0.717, 1.165) is 26.7 Å². The number of nitrogens with one attached hydrogen (secondary N) is 1. The molecule has 0 unspecified atom stereocenters. The molecule has 0 saturated heterocycles. The minimum atomic E-state index is -1.48. The van der Waals surface area contributed by atoms with Crippen LogP contribution in [-0.2, 0) is 29.0 Å². The lowest BCUT2D eigenvalue weighted by atomic mass is 9.81. The van der Waals surface area contributed by atoms with Crippen LogP contribution in [0.2, 0.25) is 0 Å². The highest BCUT2D eigenvalue weighted by molar-refractivity contribution is 9.10. The van der Waals surface area contributed by atoms with E-state index in [1.807, 2.05) is 72.8 Å². The Labute approximate surface area is 287 Å². The summed E-state index contributed by atoms with van der Waals surface area (Å²) >= 11 is 3.68. The Bertz CT molecular complexity index is 1810. The second-order valence-corrected chi connectivity index (χ2v) is 11.9. The number of aliphatic imine (C=N–C) groups is 1. The van der Waals surface area contributed by atoms with E-state index in [9.17, 15) is 4.79 Å². The van der Waals surface area contributed by atoms with Crippen molar-refractivity contribution in [2.75, 3.05) is 27.4 Å². The van der Waals surface area contributed by atoms with Crippen LogP contribution in [0.25, 0.3) is 10.4 Å².